The van der Waals surface area contributed by atoms with Gasteiger partial charge in [-0.3, -0.25) is 4.99 Å². The molecular formula is C16H13NO3S. The molecule has 2 N–H and O–H groups in total. The lowest BCUT2D eigenvalue weighted by Gasteiger charge is -2.04. The van der Waals surface area contributed by atoms with Gasteiger partial charge in [-0.25, -0.2) is 4.79 Å². The predicted molar refractivity (Wildman–Crippen MR) is 84.8 cm³/mol. The highest BCUT2D eigenvalue weighted by molar-refractivity contribution is 8.02. The summed E-state index contributed by atoms with van der Waals surface area (Å²) in [7, 11) is 0. The Labute approximate surface area is 126 Å². The van der Waals surface area contributed by atoms with Crippen LogP contribution in [0.15, 0.2) is 64.3 Å². The van der Waals surface area contributed by atoms with E-state index in [0.717, 1.165) is 10.6 Å². The molecule has 21 heavy (non-hydrogen) atoms. The maximum absolute atomic E-state index is 11.0. The average molecular weight is 299 g/mol. The van der Waals surface area contributed by atoms with Gasteiger partial charge in [0.05, 0.1) is 5.69 Å². The van der Waals surface area contributed by atoms with E-state index in [9.17, 15) is 9.90 Å². The molecule has 0 aliphatic carbocycles. The van der Waals surface area contributed by atoms with Crippen LogP contribution in [-0.2, 0) is 0 Å². The zero-order chi connectivity index (χ0) is 15.2. The van der Waals surface area contributed by atoms with Crippen molar-refractivity contribution < 1.29 is 15.0 Å². The fourth-order valence-corrected chi connectivity index (χ4v) is 2.31. The molecule has 0 aromatic heterocycles. The molecule has 4 nitrogen and oxygen atoms in total. The summed E-state index contributed by atoms with van der Waals surface area (Å²) in [4.78, 5) is 16.2. The minimum Gasteiger partial charge on any atom is -0.506 e. The summed E-state index contributed by atoms with van der Waals surface area (Å²) in [6, 6.07) is 12.0. The Morgan fingerprint density at radius 3 is 2.67 bits per heavy atom. The van der Waals surface area contributed by atoms with E-state index < -0.39 is 5.97 Å². The largest absolute Gasteiger partial charge is 0.506 e. The molecule has 0 saturated carbocycles. The number of hydrogen-bond acceptors (Lipinski definition) is 4. The van der Waals surface area contributed by atoms with Crippen molar-refractivity contribution in [1.82, 2.24) is 0 Å². The highest BCUT2D eigenvalue weighted by Gasteiger charge is 2.11. The van der Waals surface area contributed by atoms with Gasteiger partial charge >= 0.3 is 5.97 Å². The molecule has 0 fully saturated rings. The van der Waals surface area contributed by atoms with Crippen molar-refractivity contribution in [3.8, 4) is 5.75 Å². The molecule has 0 bridgehead atoms. The Morgan fingerprint density at radius 2 is 1.95 bits per heavy atom. The molecule has 0 aliphatic heterocycles. The highest BCUT2D eigenvalue weighted by atomic mass is 32.2. The fraction of sp³-hybridized carbons (Fsp3) is 0. The van der Waals surface area contributed by atoms with Crippen LogP contribution in [0.3, 0.4) is 0 Å². The summed E-state index contributed by atoms with van der Waals surface area (Å²) < 4.78 is 0. The first kappa shape index (κ1) is 14.9. The van der Waals surface area contributed by atoms with E-state index in [1.165, 1.54) is 24.0 Å². The number of carboxylic acids is 1. The number of hydrogen-bond donors (Lipinski definition) is 2. The van der Waals surface area contributed by atoms with Crippen molar-refractivity contribution in [3.05, 3.63) is 65.6 Å². The van der Waals surface area contributed by atoms with Crippen molar-refractivity contribution in [2.24, 2.45) is 4.99 Å². The summed E-state index contributed by atoms with van der Waals surface area (Å²) in [5.74, 6) is -1.46. The van der Waals surface area contributed by atoms with E-state index in [-0.39, 0.29) is 11.3 Å². The lowest BCUT2D eigenvalue weighted by atomic mass is 10.1. The maximum atomic E-state index is 11.0. The molecule has 2 aromatic rings. The second kappa shape index (κ2) is 6.76. The molecule has 2 aromatic carbocycles. The lowest BCUT2D eigenvalue weighted by Crippen LogP contribution is -1.98. The Kier molecular flexibility index (Phi) is 4.79. The van der Waals surface area contributed by atoms with Crippen LogP contribution in [-0.4, -0.2) is 22.4 Å². The van der Waals surface area contributed by atoms with Crippen LogP contribution in [0.1, 0.15) is 15.9 Å². The molecule has 0 atom stereocenters. The van der Waals surface area contributed by atoms with E-state index >= 15 is 0 Å². The van der Waals surface area contributed by atoms with Gasteiger partial charge in [0.1, 0.15) is 11.3 Å². The maximum Gasteiger partial charge on any atom is 0.339 e. The van der Waals surface area contributed by atoms with Gasteiger partial charge in [0.2, 0.25) is 0 Å². The molecule has 0 saturated heterocycles. The highest BCUT2D eigenvalue weighted by Crippen LogP contribution is 2.30. The Balaban J connectivity index is 2.36. The quantitative estimate of drug-likeness (QED) is 0.645. The van der Waals surface area contributed by atoms with E-state index in [0.29, 0.717) is 5.56 Å². The van der Waals surface area contributed by atoms with Crippen molar-refractivity contribution >= 4 is 29.6 Å². The zero-order valence-corrected chi connectivity index (χ0v) is 11.9. The van der Waals surface area contributed by atoms with Gasteiger partial charge in [0.25, 0.3) is 0 Å². The second-order valence-electron chi connectivity index (χ2n) is 4.06. The first-order valence-electron chi connectivity index (χ1n) is 6.09. The number of benzene rings is 2. The fourth-order valence-electron chi connectivity index (χ4n) is 1.73. The number of nitrogens with zero attached hydrogens (tertiary/aromatic N) is 1. The second-order valence-corrected chi connectivity index (χ2v) is 5.07. The first-order chi connectivity index (χ1) is 10.1. The molecule has 106 valence electrons. The van der Waals surface area contributed by atoms with E-state index in [2.05, 4.69) is 11.6 Å². The van der Waals surface area contributed by atoms with Gasteiger partial charge in [-0.1, -0.05) is 36.5 Å². The third kappa shape index (κ3) is 3.52. The average Bonchev–Trinajstić information content (AvgIpc) is 2.47. The van der Waals surface area contributed by atoms with E-state index in [1.807, 2.05) is 24.3 Å². The molecule has 0 heterocycles. The summed E-state index contributed by atoms with van der Waals surface area (Å²) in [6.07, 6.45) is 1.45. The molecule has 0 unspecified atom stereocenters. The van der Waals surface area contributed by atoms with Gasteiger partial charge < -0.3 is 10.2 Å². The van der Waals surface area contributed by atoms with Gasteiger partial charge in [-0.15, -0.1) is 0 Å². The standard InChI is InChI=1S/C16H13NO3S/c1-2-21-14-9-4-3-8-13(14)17-10-11-6-5-7-12(15(11)18)16(19)20/h2-10,18H,1H2,(H,19,20). The number of aliphatic imine (C=N–C) groups is 1. The number of aromatic hydroxyl groups is 1. The Morgan fingerprint density at radius 1 is 1.19 bits per heavy atom. The van der Waals surface area contributed by atoms with E-state index in [1.54, 1.807) is 17.5 Å². The molecule has 0 spiro atoms. The summed E-state index contributed by atoms with van der Waals surface area (Å²) in [5, 5.41) is 20.6. The number of phenols is 1. The number of carboxylic acid groups (broad SMARTS) is 1. The Bertz CT molecular complexity index is 710. The minimum absolute atomic E-state index is 0.146. The molecule has 5 heteroatoms. The summed E-state index contributed by atoms with van der Waals surface area (Å²) in [5.41, 5.74) is 0.934. The van der Waals surface area contributed by atoms with Gasteiger partial charge in [0.15, 0.2) is 0 Å². The van der Waals surface area contributed by atoms with Crippen molar-refractivity contribution in [2.45, 2.75) is 4.90 Å². The number of carbonyl (C=O) groups is 1. The normalized spacial score (nSPS) is 10.7. The van der Waals surface area contributed by atoms with Crippen LogP contribution in [0.4, 0.5) is 5.69 Å². The molecule has 2 rings (SSSR count). The molecule has 0 aliphatic rings. The number of thioether (sulfide) groups is 1. The molecule has 0 amide bonds. The number of rotatable bonds is 5. The van der Waals surface area contributed by atoms with E-state index in [4.69, 9.17) is 5.11 Å². The topological polar surface area (TPSA) is 69.9 Å². The zero-order valence-electron chi connectivity index (χ0n) is 11.1. The SMILES string of the molecule is C=CSc1ccccc1N=Cc1cccc(C(=O)O)c1O. The van der Waals surface area contributed by atoms with Crippen LogP contribution in [0.5, 0.6) is 5.75 Å². The van der Waals surface area contributed by atoms with Gasteiger partial charge in [0, 0.05) is 16.7 Å². The monoisotopic (exact) mass is 299 g/mol. The molecular weight excluding hydrogens is 286 g/mol. The third-order valence-corrected chi connectivity index (χ3v) is 3.48. The van der Waals surface area contributed by atoms with Gasteiger partial charge in [-0.2, -0.15) is 0 Å². The van der Waals surface area contributed by atoms with Crippen LogP contribution in [0, 0.1) is 0 Å². The minimum atomic E-state index is -1.18. The lowest BCUT2D eigenvalue weighted by molar-refractivity contribution is 0.0693. The van der Waals surface area contributed by atoms with Crippen LogP contribution < -0.4 is 0 Å². The smallest absolute Gasteiger partial charge is 0.339 e. The third-order valence-electron chi connectivity index (χ3n) is 2.72. The summed E-state index contributed by atoms with van der Waals surface area (Å²) >= 11 is 1.44. The first-order valence-corrected chi connectivity index (χ1v) is 6.97. The predicted octanol–water partition coefficient (Wildman–Crippen LogP) is 4.08. The van der Waals surface area contributed by atoms with Crippen molar-refractivity contribution in [3.63, 3.8) is 0 Å². The van der Waals surface area contributed by atoms with Crippen LogP contribution in [0.2, 0.25) is 0 Å². The van der Waals surface area contributed by atoms with Gasteiger partial charge in [-0.05, 0) is 29.7 Å². The number of para-hydroxylation sites is 2. The van der Waals surface area contributed by atoms with Crippen molar-refractivity contribution in [2.75, 3.05) is 0 Å². The number of aromatic carboxylic acids is 1. The van der Waals surface area contributed by atoms with Crippen LogP contribution in [0.25, 0.3) is 0 Å². The summed E-state index contributed by atoms with van der Waals surface area (Å²) in [6.45, 7) is 3.67. The van der Waals surface area contributed by atoms with Crippen molar-refractivity contribution in [1.29, 1.82) is 0 Å². The Hall–Kier alpha value is -2.53. The molecule has 0 radical (unpaired) electrons. The van der Waals surface area contributed by atoms with Crippen LogP contribution >= 0.6 is 11.8 Å².